The van der Waals surface area contributed by atoms with E-state index in [-0.39, 0.29) is 0 Å². The number of aryl methyl sites for hydroxylation is 1. The third kappa shape index (κ3) is 3.82. The Bertz CT molecular complexity index is 405. The summed E-state index contributed by atoms with van der Waals surface area (Å²) in [6, 6.07) is 0. The van der Waals surface area contributed by atoms with Crippen molar-refractivity contribution in [3.8, 4) is 0 Å². The molecule has 0 saturated carbocycles. The molecule has 1 aliphatic rings. The highest BCUT2D eigenvalue weighted by Crippen LogP contribution is 2.24. The maximum absolute atomic E-state index is 4.70. The van der Waals surface area contributed by atoms with E-state index in [1.807, 2.05) is 6.20 Å². The molecule has 1 N–H and O–H groups in total. The Hall–Kier alpha value is -1.32. The van der Waals surface area contributed by atoms with Crippen LogP contribution in [0.4, 0.5) is 11.8 Å². The van der Waals surface area contributed by atoms with E-state index in [0.29, 0.717) is 0 Å². The summed E-state index contributed by atoms with van der Waals surface area (Å²) in [5.74, 6) is 2.72. The number of hydrogen-bond donors (Lipinski definition) is 1. The minimum Gasteiger partial charge on any atom is -0.356 e. The van der Waals surface area contributed by atoms with Crippen LogP contribution >= 0.6 is 0 Å². The van der Waals surface area contributed by atoms with Crippen molar-refractivity contribution in [2.24, 2.45) is 5.92 Å². The fourth-order valence-corrected chi connectivity index (χ4v) is 2.55. The van der Waals surface area contributed by atoms with Crippen molar-refractivity contribution in [1.82, 2.24) is 9.97 Å². The molecule has 1 aromatic heterocycles. The molecular weight excluding hydrogens is 236 g/mol. The van der Waals surface area contributed by atoms with Crippen LogP contribution in [-0.2, 0) is 0 Å². The lowest BCUT2D eigenvalue weighted by Crippen LogP contribution is -2.26. The Labute approximate surface area is 116 Å². The highest BCUT2D eigenvalue weighted by Gasteiger charge is 2.17. The van der Waals surface area contributed by atoms with Crippen LogP contribution in [0.25, 0.3) is 0 Å². The molecule has 1 unspecified atom stereocenters. The summed E-state index contributed by atoms with van der Waals surface area (Å²) < 4.78 is 0. The molecule has 1 saturated heterocycles. The molecule has 106 valence electrons. The Morgan fingerprint density at radius 1 is 1.37 bits per heavy atom. The third-order valence-corrected chi connectivity index (χ3v) is 3.79. The largest absolute Gasteiger partial charge is 0.356 e. The average Bonchev–Trinajstić information content (AvgIpc) is 2.63. The van der Waals surface area contributed by atoms with Crippen molar-refractivity contribution in [2.75, 3.05) is 29.9 Å². The summed E-state index contributed by atoms with van der Waals surface area (Å²) in [7, 11) is 0. The zero-order chi connectivity index (χ0) is 13.7. The maximum Gasteiger partial charge on any atom is 0.224 e. The average molecular weight is 262 g/mol. The van der Waals surface area contributed by atoms with Gasteiger partial charge in [0.1, 0.15) is 5.82 Å². The van der Waals surface area contributed by atoms with Gasteiger partial charge in [-0.05, 0) is 38.5 Å². The van der Waals surface area contributed by atoms with Crippen LogP contribution in [-0.4, -0.2) is 29.6 Å². The number of anilines is 2. The van der Waals surface area contributed by atoms with Gasteiger partial charge in [0.05, 0.1) is 0 Å². The molecule has 4 nitrogen and oxygen atoms in total. The van der Waals surface area contributed by atoms with E-state index in [9.17, 15) is 0 Å². The highest BCUT2D eigenvalue weighted by molar-refractivity contribution is 5.49. The Morgan fingerprint density at radius 2 is 2.21 bits per heavy atom. The molecule has 1 fully saturated rings. The van der Waals surface area contributed by atoms with Crippen LogP contribution in [0.15, 0.2) is 6.20 Å². The van der Waals surface area contributed by atoms with Gasteiger partial charge in [-0.25, -0.2) is 4.98 Å². The van der Waals surface area contributed by atoms with Gasteiger partial charge in [-0.15, -0.1) is 0 Å². The summed E-state index contributed by atoms with van der Waals surface area (Å²) in [6.45, 7) is 9.78. The molecule has 1 aromatic rings. The SMILES string of the molecule is CCCNc1ncc(C)c(N2CCCC(C)CC2)n1. The number of nitrogens with zero attached hydrogens (tertiary/aromatic N) is 3. The van der Waals surface area contributed by atoms with E-state index in [4.69, 9.17) is 4.98 Å². The molecule has 2 rings (SSSR count). The fraction of sp³-hybridized carbons (Fsp3) is 0.733. The Kier molecular flexibility index (Phi) is 5.00. The minimum atomic E-state index is 0.764. The van der Waals surface area contributed by atoms with Gasteiger partial charge in [0, 0.05) is 31.4 Å². The van der Waals surface area contributed by atoms with E-state index in [1.165, 1.54) is 24.8 Å². The predicted octanol–water partition coefficient (Wildman–Crippen LogP) is 3.23. The van der Waals surface area contributed by atoms with Gasteiger partial charge in [0.2, 0.25) is 5.95 Å². The van der Waals surface area contributed by atoms with Gasteiger partial charge in [0.25, 0.3) is 0 Å². The summed E-state index contributed by atoms with van der Waals surface area (Å²) in [4.78, 5) is 11.5. The van der Waals surface area contributed by atoms with E-state index >= 15 is 0 Å². The Balaban J connectivity index is 2.12. The maximum atomic E-state index is 4.70. The normalized spacial score (nSPS) is 20.2. The first-order valence-electron chi connectivity index (χ1n) is 7.53. The number of hydrogen-bond acceptors (Lipinski definition) is 4. The second-order valence-corrected chi connectivity index (χ2v) is 5.65. The first-order valence-corrected chi connectivity index (χ1v) is 7.53. The molecule has 1 atom stereocenters. The monoisotopic (exact) mass is 262 g/mol. The summed E-state index contributed by atoms with van der Waals surface area (Å²) >= 11 is 0. The molecule has 0 aliphatic carbocycles. The lowest BCUT2D eigenvalue weighted by molar-refractivity contribution is 0.521. The number of aromatic nitrogens is 2. The van der Waals surface area contributed by atoms with Crippen LogP contribution in [0.2, 0.25) is 0 Å². The van der Waals surface area contributed by atoms with Gasteiger partial charge < -0.3 is 10.2 Å². The first-order chi connectivity index (χ1) is 9.20. The van der Waals surface area contributed by atoms with Crippen LogP contribution < -0.4 is 10.2 Å². The standard InChI is InChI=1S/C15H26N4/c1-4-8-16-15-17-11-13(3)14(18-15)19-9-5-6-12(2)7-10-19/h11-12H,4-10H2,1-3H3,(H,16,17,18). The van der Waals surface area contributed by atoms with Crippen LogP contribution in [0, 0.1) is 12.8 Å². The van der Waals surface area contributed by atoms with E-state index in [0.717, 1.165) is 43.7 Å². The first kappa shape index (κ1) is 14.1. The zero-order valence-corrected chi connectivity index (χ0v) is 12.4. The van der Waals surface area contributed by atoms with Crippen molar-refractivity contribution in [2.45, 2.75) is 46.5 Å². The predicted molar refractivity (Wildman–Crippen MR) is 80.8 cm³/mol. The van der Waals surface area contributed by atoms with Crippen molar-refractivity contribution in [1.29, 1.82) is 0 Å². The minimum absolute atomic E-state index is 0.764. The fourth-order valence-electron chi connectivity index (χ4n) is 2.55. The van der Waals surface area contributed by atoms with E-state index in [2.05, 4.69) is 36.0 Å². The smallest absolute Gasteiger partial charge is 0.224 e. The van der Waals surface area contributed by atoms with Gasteiger partial charge in [-0.3, -0.25) is 0 Å². The van der Waals surface area contributed by atoms with Gasteiger partial charge in [-0.2, -0.15) is 4.98 Å². The molecule has 0 spiro atoms. The van der Waals surface area contributed by atoms with E-state index < -0.39 is 0 Å². The van der Waals surface area contributed by atoms with Crippen LogP contribution in [0.1, 0.15) is 45.1 Å². The summed E-state index contributed by atoms with van der Waals surface area (Å²) in [5.41, 5.74) is 1.18. The lowest BCUT2D eigenvalue weighted by atomic mass is 10.0. The summed E-state index contributed by atoms with van der Waals surface area (Å²) in [5, 5.41) is 3.28. The topological polar surface area (TPSA) is 41.1 Å². The van der Waals surface area contributed by atoms with Crippen molar-refractivity contribution >= 4 is 11.8 Å². The molecule has 0 bridgehead atoms. The molecule has 19 heavy (non-hydrogen) atoms. The molecule has 4 heteroatoms. The lowest BCUT2D eigenvalue weighted by Gasteiger charge is -2.23. The van der Waals surface area contributed by atoms with Gasteiger partial charge >= 0.3 is 0 Å². The molecular formula is C15H26N4. The second kappa shape index (κ2) is 6.73. The Morgan fingerprint density at radius 3 is 3.00 bits per heavy atom. The molecule has 0 amide bonds. The van der Waals surface area contributed by atoms with Gasteiger partial charge in [-0.1, -0.05) is 13.8 Å². The highest BCUT2D eigenvalue weighted by atomic mass is 15.2. The van der Waals surface area contributed by atoms with Gasteiger partial charge in [0.15, 0.2) is 0 Å². The number of nitrogens with one attached hydrogen (secondary N) is 1. The third-order valence-electron chi connectivity index (χ3n) is 3.79. The van der Waals surface area contributed by atoms with Crippen LogP contribution in [0.5, 0.6) is 0 Å². The molecule has 0 radical (unpaired) electrons. The molecule has 0 aromatic carbocycles. The summed E-state index contributed by atoms with van der Waals surface area (Å²) in [6.07, 6.45) is 6.90. The quantitative estimate of drug-likeness (QED) is 0.904. The second-order valence-electron chi connectivity index (χ2n) is 5.65. The number of rotatable bonds is 4. The zero-order valence-electron chi connectivity index (χ0n) is 12.4. The van der Waals surface area contributed by atoms with E-state index in [1.54, 1.807) is 0 Å². The van der Waals surface area contributed by atoms with Crippen LogP contribution in [0.3, 0.4) is 0 Å². The molecule has 2 heterocycles. The van der Waals surface area contributed by atoms with Crippen molar-refractivity contribution < 1.29 is 0 Å². The molecule has 1 aliphatic heterocycles. The van der Waals surface area contributed by atoms with Crippen molar-refractivity contribution in [3.63, 3.8) is 0 Å². The van der Waals surface area contributed by atoms with Crippen molar-refractivity contribution in [3.05, 3.63) is 11.8 Å².